The number of phosphoric ester groups is 1. The molecule has 0 saturated carbocycles. The van der Waals surface area contributed by atoms with Crippen LogP contribution in [-0.2, 0) is 29.4 Å². The maximum atomic E-state index is 12.9. The minimum Gasteiger partial charge on any atom is -0.390 e. The van der Waals surface area contributed by atoms with Crippen LogP contribution in [0, 0.1) is 6.92 Å². The van der Waals surface area contributed by atoms with Crippen LogP contribution >= 0.6 is 7.82 Å². The van der Waals surface area contributed by atoms with Gasteiger partial charge in [-0.15, -0.1) is 0 Å². The van der Waals surface area contributed by atoms with Gasteiger partial charge < -0.3 is 15.6 Å². The second-order valence-electron chi connectivity index (χ2n) is 7.76. The SMILES string of the molecule is Cc1cccc([C@H]2CCO[P@@](=O)(OC[C@@H]3C[C@H](O)[C@H](Cn4ccc(N)nc4=O)O3)O2)c1. The summed E-state index contributed by atoms with van der Waals surface area (Å²) in [4.78, 5) is 15.6. The summed E-state index contributed by atoms with van der Waals surface area (Å²) in [5.74, 6) is 0.126. The molecular formula is C20H26N3O7P. The number of aliphatic hydroxyl groups is 1. The van der Waals surface area contributed by atoms with Gasteiger partial charge in [-0.05, 0) is 18.6 Å². The zero-order valence-electron chi connectivity index (χ0n) is 17.1. The number of aromatic nitrogens is 2. The van der Waals surface area contributed by atoms with Crippen molar-refractivity contribution in [2.75, 3.05) is 18.9 Å². The Hall–Kier alpha value is -2.07. The van der Waals surface area contributed by atoms with Crippen molar-refractivity contribution in [3.05, 3.63) is 58.1 Å². The molecule has 2 aliphatic rings. The van der Waals surface area contributed by atoms with Crippen molar-refractivity contribution in [3.8, 4) is 0 Å². The number of nitrogen functional groups attached to an aromatic ring is 1. The maximum absolute atomic E-state index is 12.9. The molecule has 168 valence electrons. The van der Waals surface area contributed by atoms with Crippen LogP contribution in [0.4, 0.5) is 5.82 Å². The fourth-order valence-corrected chi connectivity index (χ4v) is 5.12. The Morgan fingerprint density at radius 3 is 3.00 bits per heavy atom. The molecule has 0 unspecified atom stereocenters. The third-order valence-electron chi connectivity index (χ3n) is 5.29. The predicted molar refractivity (Wildman–Crippen MR) is 111 cm³/mol. The Balaban J connectivity index is 1.33. The number of phosphoric acid groups is 1. The first kappa shape index (κ1) is 22.1. The van der Waals surface area contributed by atoms with Gasteiger partial charge in [-0.3, -0.25) is 18.1 Å². The van der Waals surface area contributed by atoms with E-state index < -0.39 is 31.8 Å². The van der Waals surface area contributed by atoms with Crippen molar-refractivity contribution < 1.29 is 28.0 Å². The Labute approximate surface area is 179 Å². The first-order valence-electron chi connectivity index (χ1n) is 10.1. The molecule has 3 N–H and O–H groups in total. The lowest BCUT2D eigenvalue weighted by molar-refractivity contribution is -0.0299. The first-order chi connectivity index (χ1) is 14.8. The lowest BCUT2D eigenvalue weighted by Crippen LogP contribution is -2.33. The number of nitrogens with zero attached hydrogens (tertiary/aromatic N) is 2. The average molecular weight is 451 g/mol. The quantitative estimate of drug-likeness (QED) is 0.632. The highest BCUT2D eigenvalue weighted by molar-refractivity contribution is 7.48. The van der Waals surface area contributed by atoms with Gasteiger partial charge >= 0.3 is 13.5 Å². The van der Waals surface area contributed by atoms with Crippen molar-refractivity contribution in [2.45, 2.75) is 50.7 Å². The lowest BCUT2D eigenvalue weighted by atomic mass is 10.0. The number of benzene rings is 1. The molecule has 0 bridgehead atoms. The molecule has 1 aromatic heterocycles. The van der Waals surface area contributed by atoms with Crippen molar-refractivity contribution in [2.24, 2.45) is 0 Å². The van der Waals surface area contributed by atoms with E-state index in [1.165, 1.54) is 16.8 Å². The number of anilines is 1. The number of rotatable bonds is 6. The molecule has 0 aliphatic carbocycles. The summed E-state index contributed by atoms with van der Waals surface area (Å²) in [5.41, 5.74) is 6.97. The minimum absolute atomic E-state index is 0.0692. The molecule has 0 spiro atoms. The van der Waals surface area contributed by atoms with E-state index in [9.17, 15) is 14.5 Å². The molecule has 3 heterocycles. The molecule has 4 rings (SSSR count). The predicted octanol–water partition coefficient (Wildman–Crippen LogP) is 1.96. The van der Waals surface area contributed by atoms with E-state index in [1.54, 1.807) is 0 Å². The fraction of sp³-hybridized carbons (Fsp3) is 0.500. The molecule has 2 fully saturated rings. The van der Waals surface area contributed by atoms with Gasteiger partial charge in [0, 0.05) is 19.0 Å². The molecule has 11 heteroatoms. The zero-order valence-corrected chi connectivity index (χ0v) is 18.0. The highest BCUT2D eigenvalue weighted by Gasteiger charge is 2.40. The van der Waals surface area contributed by atoms with Gasteiger partial charge in [0.2, 0.25) is 0 Å². The number of aryl methyl sites for hydroxylation is 1. The first-order valence-corrected chi connectivity index (χ1v) is 11.6. The van der Waals surface area contributed by atoms with Crippen LogP contribution in [0.15, 0.2) is 41.3 Å². The van der Waals surface area contributed by atoms with Crippen LogP contribution in [0.5, 0.6) is 0 Å². The molecule has 1 aromatic carbocycles. The number of ether oxygens (including phenoxy) is 1. The summed E-state index contributed by atoms with van der Waals surface area (Å²) >= 11 is 0. The van der Waals surface area contributed by atoms with Crippen molar-refractivity contribution in [1.82, 2.24) is 9.55 Å². The largest absolute Gasteiger partial charge is 0.475 e. The molecular weight excluding hydrogens is 425 g/mol. The van der Waals surface area contributed by atoms with E-state index in [0.29, 0.717) is 6.42 Å². The fourth-order valence-electron chi connectivity index (χ4n) is 3.71. The van der Waals surface area contributed by atoms with E-state index in [2.05, 4.69) is 4.98 Å². The summed E-state index contributed by atoms with van der Waals surface area (Å²) < 4.78 is 36.5. The summed E-state index contributed by atoms with van der Waals surface area (Å²) in [6.45, 7) is 2.27. The summed E-state index contributed by atoms with van der Waals surface area (Å²) in [5, 5.41) is 10.3. The molecule has 2 aliphatic heterocycles. The maximum Gasteiger partial charge on any atom is 0.475 e. The van der Waals surface area contributed by atoms with Crippen LogP contribution in [0.1, 0.15) is 30.1 Å². The van der Waals surface area contributed by atoms with Crippen molar-refractivity contribution >= 4 is 13.6 Å². The Kier molecular flexibility index (Phi) is 6.57. The molecule has 31 heavy (non-hydrogen) atoms. The van der Waals surface area contributed by atoms with E-state index >= 15 is 0 Å². The van der Waals surface area contributed by atoms with E-state index in [1.807, 2.05) is 31.2 Å². The van der Waals surface area contributed by atoms with Gasteiger partial charge in [0.25, 0.3) is 0 Å². The molecule has 5 atom stereocenters. The smallest absolute Gasteiger partial charge is 0.390 e. The Morgan fingerprint density at radius 2 is 2.23 bits per heavy atom. The van der Waals surface area contributed by atoms with E-state index in [0.717, 1.165) is 11.1 Å². The highest BCUT2D eigenvalue weighted by Crippen LogP contribution is 2.57. The Morgan fingerprint density at radius 1 is 1.39 bits per heavy atom. The summed E-state index contributed by atoms with van der Waals surface area (Å²) in [6.07, 6.45) is -0.0109. The van der Waals surface area contributed by atoms with Crippen molar-refractivity contribution in [3.63, 3.8) is 0 Å². The lowest BCUT2D eigenvalue weighted by Gasteiger charge is -2.29. The molecule has 2 saturated heterocycles. The van der Waals surface area contributed by atoms with Gasteiger partial charge in [-0.25, -0.2) is 9.36 Å². The van der Waals surface area contributed by atoms with Crippen LogP contribution in [0.3, 0.4) is 0 Å². The number of nitrogens with two attached hydrogens (primary N) is 1. The second-order valence-corrected chi connectivity index (χ2v) is 9.38. The van der Waals surface area contributed by atoms with Crippen LogP contribution in [0.2, 0.25) is 0 Å². The average Bonchev–Trinajstić information content (AvgIpc) is 3.08. The monoisotopic (exact) mass is 451 g/mol. The molecule has 10 nitrogen and oxygen atoms in total. The normalized spacial score (nSPS) is 31.0. The molecule has 2 aromatic rings. The summed E-state index contributed by atoms with van der Waals surface area (Å²) in [6, 6.07) is 9.30. The second kappa shape index (κ2) is 9.20. The minimum atomic E-state index is -3.76. The molecule has 0 radical (unpaired) electrons. The van der Waals surface area contributed by atoms with Gasteiger partial charge in [-0.2, -0.15) is 4.98 Å². The van der Waals surface area contributed by atoms with Gasteiger partial charge in [0.15, 0.2) is 0 Å². The van der Waals surface area contributed by atoms with Gasteiger partial charge in [0.05, 0.1) is 38.1 Å². The topological polar surface area (TPSA) is 135 Å². The standard InChI is InChI=1S/C20H26N3O7P/c1-13-3-2-4-14(9-13)17-6-8-27-31(26,30-17)28-12-15-10-16(24)18(29-15)11-23-7-5-19(21)22-20(23)25/h2-5,7,9,15-18,24H,6,8,10-12H2,1H3,(H2,21,22,25)/t15-,16-,17+,18-,31-/m0/s1. The number of hydrogen-bond donors (Lipinski definition) is 2. The van der Waals surface area contributed by atoms with E-state index in [-0.39, 0.29) is 38.1 Å². The highest BCUT2D eigenvalue weighted by atomic mass is 31.2. The van der Waals surface area contributed by atoms with Crippen LogP contribution < -0.4 is 11.4 Å². The van der Waals surface area contributed by atoms with Gasteiger partial charge in [-0.1, -0.05) is 29.8 Å². The molecule has 0 amide bonds. The zero-order chi connectivity index (χ0) is 22.0. The third kappa shape index (κ3) is 5.41. The summed E-state index contributed by atoms with van der Waals surface area (Å²) in [7, 11) is -3.76. The van der Waals surface area contributed by atoms with Gasteiger partial charge in [0.1, 0.15) is 11.9 Å². The third-order valence-corrected chi connectivity index (χ3v) is 6.77. The van der Waals surface area contributed by atoms with Crippen molar-refractivity contribution in [1.29, 1.82) is 0 Å². The van der Waals surface area contributed by atoms with Crippen LogP contribution in [-0.4, -0.2) is 46.2 Å². The van der Waals surface area contributed by atoms with Crippen LogP contribution in [0.25, 0.3) is 0 Å². The number of aliphatic hydroxyl groups excluding tert-OH is 1. The number of hydrogen-bond acceptors (Lipinski definition) is 9. The van der Waals surface area contributed by atoms with E-state index in [4.69, 9.17) is 24.0 Å². The Bertz CT molecular complexity index is 1030.